The molecule has 7 heteroatoms. The second-order valence-electron chi connectivity index (χ2n) is 3.02. The number of hydrogen-bond donors (Lipinski definition) is 3. The molecule has 0 fully saturated rings. The smallest absolute Gasteiger partial charge is 0.227 e. The molecule has 1 aromatic rings. The van der Waals surface area contributed by atoms with Crippen LogP contribution >= 0.6 is 0 Å². The Balaban J connectivity index is 2.29. The fourth-order valence-corrected chi connectivity index (χ4v) is 1.19. The summed E-state index contributed by atoms with van der Waals surface area (Å²) in [6, 6.07) is -0.127. The van der Waals surface area contributed by atoms with Crippen LogP contribution in [0.4, 0.5) is 0 Å². The minimum absolute atomic E-state index is 0.127. The predicted octanol–water partition coefficient (Wildman–Crippen LogP) is -0.273. The van der Waals surface area contributed by atoms with Gasteiger partial charge in [0.05, 0.1) is 6.04 Å². The van der Waals surface area contributed by atoms with Gasteiger partial charge in [0.2, 0.25) is 5.89 Å². The molecule has 0 radical (unpaired) electrons. The van der Waals surface area contributed by atoms with Crippen molar-refractivity contribution in [3.8, 4) is 0 Å². The van der Waals surface area contributed by atoms with Gasteiger partial charge in [-0.15, -0.1) is 0 Å². The predicted molar refractivity (Wildman–Crippen MR) is 53.5 cm³/mol. The van der Waals surface area contributed by atoms with Crippen LogP contribution in [0.5, 0.6) is 0 Å². The van der Waals surface area contributed by atoms with E-state index in [0.29, 0.717) is 18.9 Å². The number of aromatic nitrogens is 2. The van der Waals surface area contributed by atoms with Crippen LogP contribution in [0.3, 0.4) is 0 Å². The number of nitrogens with two attached hydrogens (primary N) is 1. The molecular weight excluding hydrogens is 198 g/mol. The Morgan fingerprint density at radius 2 is 2.60 bits per heavy atom. The zero-order valence-electron chi connectivity index (χ0n) is 8.55. The SMILES string of the molecule is CCC(NCCc1ncno1)C(N)=NO. The van der Waals surface area contributed by atoms with E-state index >= 15 is 0 Å². The minimum Gasteiger partial charge on any atom is -0.409 e. The van der Waals surface area contributed by atoms with Gasteiger partial charge in [-0.25, -0.2) is 0 Å². The van der Waals surface area contributed by atoms with Crippen LogP contribution < -0.4 is 11.1 Å². The maximum Gasteiger partial charge on any atom is 0.227 e. The van der Waals surface area contributed by atoms with Crippen molar-refractivity contribution in [3.05, 3.63) is 12.2 Å². The molecule has 4 N–H and O–H groups in total. The molecule has 1 atom stereocenters. The van der Waals surface area contributed by atoms with Crippen molar-refractivity contribution in [1.29, 1.82) is 0 Å². The van der Waals surface area contributed by atoms with Gasteiger partial charge in [-0.1, -0.05) is 17.2 Å². The average Bonchev–Trinajstić information content (AvgIpc) is 2.76. The maximum atomic E-state index is 8.50. The summed E-state index contributed by atoms with van der Waals surface area (Å²) >= 11 is 0. The molecular formula is C8H15N5O2. The summed E-state index contributed by atoms with van der Waals surface area (Å²) < 4.78 is 4.82. The van der Waals surface area contributed by atoms with Crippen LogP contribution in [0.1, 0.15) is 19.2 Å². The topological polar surface area (TPSA) is 110 Å². The van der Waals surface area contributed by atoms with Gasteiger partial charge in [-0.2, -0.15) is 4.98 Å². The molecule has 15 heavy (non-hydrogen) atoms. The van der Waals surface area contributed by atoms with Crippen LogP contribution in [-0.4, -0.2) is 33.8 Å². The Hall–Kier alpha value is -1.63. The van der Waals surface area contributed by atoms with Gasteiger partial charge in [-0.3, -0.25) is 0 Å². The number of oxime groups is 1. The second-order valence-corrected chi connectivity index (χ2v) is 3.02. The molecule has 1 rings (SSSR count). The summed E-state index contributed by atoms with van der Waals surface area (Å²) in [7, 11) is 0. The molecule has 0 saturated heterocycles. The van der Waals surface area contributed by atoms with E-state index in [1.54, 1.807) is 0 Å². The first-order chi connectivity index (χ1) is 7.27. The summed E-state index contributed by atoms with van der Waals surface area (Å²) in [4.78, 5) is 3.88. The lowest BCUT2D eigenvalue weighted by atomic mass is 10.2. The highest BCUT2D eigenvalue weighted by Crippen LogP contribution is 1.94. The van der Waals surface area contributed by atoms with Gasteiger partial charge in [0.15, 0.2) is 12.2 Å². The van der Waals surface area contributed by atoms with Crippen molar-refractivity contribution in [2.24, 2.45) is 10.9 Å². The first-order valence-corrected chi connectivity index (χ1v) is 4.74. The van der Waals surface area contributed by atoms with E-state index < -0.39 is 0 Å². The average molecular weight is 213 g/mol. The van der Waals surface area contributed by atoms with Crippen LogP contribution in [-0.2, 0) is 6.42 Å². The molecule has 0 aliphatic rings. The lowest BCUT2D eigenvalue weighted by Crippen LogP contribution is -2.41. The van der Waals surface area contributed by atoms with Gasteiger partial charge >= 0.3 is 0 Å². The zero-order valence-corrected chi connectivity index (χ0v) is 8.55. The van der Waals surface area contributed by atoms with Gasteiger partial charge < -0.3 is 20.8 Å². The largest absolute Gasteiger partial charge is 0.409 e. The van der Waals surface area contributed by atoms with E-state index in [2.05, 4.69) is 20.6 Å². The first kappa shape index (κ1) is 11.4. The van der Waals surface area contributed by atoms with Crippen molar-refractivity contribution in [2.45, 2.75) is 25.8 Å². The molecule has 7 nitrogen and oxygen atoms in total. The van der Waals surface area contributed by atoms with Crippen LogP contribution in [0.25, 0.3) is 0 Å². The monoisotopic (exact) mass is 213 g/mol. The standard InChI is InChI=1S/C8H15N5O2/c1-2-6(8(9)13-14)10-4-3-7-11-5-12-15-7/h5-6,10,14H,2-4H2,1H3,(H2,9,13). The van der Waals surface area contributed by atoms with Crippen molar-refractivity contribution >= 4 is 5.84 Å². The molecule has 0 aliphatic heterocycles. The molecule has 1 aromatic heterocycles. The number of amidine groups is 1. The van der Waals surface area contributed by atoms with E-state index in [4.69, 9.17) is 15.5 Å². The first-order valence-electron chi connectivity index (χ1n) is 4.74. The van der Waals surface area contributed by atoms with Gasteiger partial charge in [0.25, 0.3) is 0 Å². The number of nitrogens with zero attached hydrogens (tertiary/aromatic N) is 3. The summed E-state index contributed by atoms with van der Waals surface area (Å²) in [5.41, 5.74) is 5.47. The molecule has 1 unspecified atom stereocenters. The summed E-state index contributed by atoms with van der Waals surface area (Å²) in [6.45, 7) is 2.58. The van der Waals surface area contributed by atoms with Crippen molar-refractivity contribution in [3.63, 3.8) is 0 Å². The number of hydrogen-bond acceptors (Lipinski definition) is 6. The molecule has 0 bridgehead atoms. The summed E-state index contributed by atoms with van der Waals surface area (Å²) in [6.07, 6.45) is 2.73. The lowest BCUT2D eigenvalue weighted by molar-refractivity contribution is 0.314. The molecule has 0 saturated carbocycles. The highest BCUT2D eigenvalue weighted by Gasteiger charge is 2.10. The van der Waals surface area contributed by atoms with Crippen molar-refractivity contribution in [2.75, 3.05) is 6.54 Å². The van der Waals surface area contributed by atoms with Crippen molar-refractivity contribution in [1.82, 2.24) is 15.5 Å². The van der Waals surface area contributed by atoms with Crippen LogP contribution in [0, 0.1) is 0 Å². The molecule has 0 amide bonds. The third-order valence-corrected chi connectivity index (χ3v) is 2.02. The Morgan fingerprint density at radius 1 is 1.80 bits per heavy atom. The Morgan fingerprint density at radius 3 is 3.13 bits per heavy atom. The Labute approximate surface area is 87.3 Å². The lowest BCUT2D eigenvalue weighted by Gasteiger charge is -2.13. The molecule has 0 spiro atoms. The molecule has 0 aliphatic carbocycles. The van der Waals surface area contributed by atoms with Gasteiger partial charge in [0, 0.05) is 13.0 Å². The fourth-order valence-electron chi connectivity index (χ4n) is 1.19. The zero-order chi connectivity index (χ0) is 11.1. The third kappa shape index (κ3) is 3.55. The van der Waals surface area contributed by atoms with Crippen LogP contribution in [0.15, 0.2) is 16.0 Å². The molecule has 0 aromatic carbocycles. The highest BCUT2D eigenvalue weighted by atomic mass is 16.5. The third-order valence-electron chi connectivity index (χ3n) is 2.02. The molecule has 84 valence electrons. The van der Waals surface area contributed by atoms with E-state index in [1.165, 1.54) is 6.33 Å². The Kier molecular flexibility index (Phi) is 4.55. The number of rotatable bonds is 6. The normalized spacial score (nSPS) is 14.1. The summed E-state index contributed by atoms with van der Waals surface area (Å²) in [5.74, 6) is 0.750. The van der Waals surface area contributed by atoms with E-state index in [1.807, 2.05) is 6.92 Å². The molecule has 1 heterocycles. The van der Waals surface area contributed by atoms with Gasteiger partial charge in [0.1, 0.15) is 0 Å². The summed E-state index contributed by atoms with van der Waals surface area (Å²) in [5, 5.41) is 18.1. The second kappa shape index (κ2) is 5.97. The maximum absolute atomic E-state index is 8.50. The van der Waals surface area contributed by atoms with E-state index in [-0.39, 0.29) is 11.9 Å². The minimum atomic E-state index is -0.127. The highest BCUT2D eigenvalue weighted by molar-refractivity contribution is 5.85. The van der Waals surface area contributed by atoms with Crippen LogP contribution in [0.2, 0.25) is 0 Å². The quantitative estimate of drug-likeness (QED) is 0.259. The fraction of sp³-hybridized carbons (Fsp3) is 0.625. The van der Waals surface area contributed by atoms with Gasteiger partial charge in [-0.05, 0) is 6.42 Å². The van der Waals surface area contributed by atoms with E-state index in [9.17, 15) is 0 Å². The van der Waals surface area contributed by atoms with Crippen molar-refractivity contribution < 1.29 is 9.73 Å². The Bertz CT molecular complexity index is 298. The van der Waals surface area contributed by atoms with E-state index in [0.717, 1.165) is 6.42 Å². The number of nitrogens with one attached hydrogen (secondary N) is 1.